The lowest BCUT2D eigenvalue weighted by Gasteiger charge is -2.29. The smallest absolute Gasteiger partial charge is 0.251 e. The second kappa shape index (κ2) is 5.93. The van der Waals surface area contributed by atoms with Crippen molar-refractivity contribution >= 4 is 16.6 Å². The molecular formula is C15H21ClN2O. The molecule has 0 atom stereocenters. The minimum absolute atomic E-state index is 0.00940. The van der Waals surface area contributed by atoms with Gasteiger partial charge in [0, 0.05) is 5.56 Å². The molecule has 1 aromatic rings. The molecule has 1 N–H and O–H groups in total. The van der Waals surface area contributed by atoms with Gasteiger partial charge in [-0.3, -0.25) is 4.79 Å². The lowest BCUT2D eigenvalue weighted by atomic mass is 9.89. The number of likely N-dealkylation sites (tertiary alicyclic amines) is 1. The Morgan fingerprint density at radius 3 is 2.68 bits per heavy atom. The Morgan fingerprint density at radius 2 is 2.11 bits per heavy atom. The van der Waals surface area contributed by atoms with Crippen LogP contribution in [-0.4, -0.2) is 30.0 Å². The molecule has 0 unspecified atom stereocenters. The highest BCUT2D eigenvalue weighted by molar-refractivity contribution is 6.48. The van der Waals surface area contributed by atoms with Gasteiger partial charge in [0.05, 0.1) is 10.7 Å². The predicted octanol–water partition coefficient (Wildman–Crippen LogP) is 3.09. The number of H-pyrrole nitrogens is 1. The summed E-state index contributed by atoms with van der Waals surface area (Å²) < 4.78 is 0. The zero-order valence-electron chi connectivity index (χ0n) is 11.8. The van der Waals surface area contributed by atoms with Crippen molar-refractivity contribution in [1.82, 2.24) is 9.88 Å². The number of piperidine rings is 1. The Balaban J connectivity index is 2.33. The molecule has 4 heteroatoms. The molecule has 104 valence electrons. The summed E-state index contributed by atoms with van der Waals surface area (Å²) in [5.41, 5.74) is 2.70. The number of aromatic amines is 1. The summed E-state index contributed by atoms with van der Waals surface area (Å²) >= 11 is 6.11. The second-order valence-corrected chi connectivity index (χ2v) is 5.73. The molecule has 19 heavy (non-hydrogen) atoms. The first-order valence-electron chi connectivity index (χ1n) is 6.77. The fourth-order valence-electron chi connectivity index (χ4n) is 2.67. The number of allylic oxidation sites excluding steroid dienone is 1. The maximum Gasteiger partial charge on any atom is 0.251 e. The molecule has 0 radical (unpaired) electrons. The lowest BCUT2D eigenvalue weighted by molar-refractivity contribution is 0.254. The van der Waals surface area contributed by atoms with Gasteiger partial charge in [-0.15, -0.1) is 0 Å². The van der Waals surface area contributed by atoms with E-state index in [0.29, 0.717) is 11.0 Å². The van der Waals surface area contributed by atoms with Crippen molar-refractivity contribution in [1.29, 1.82) is 0 Å². The van der Waals surface area contributed by atoms with Gasteiger partial charge in [0.15, 0.2) is 0 Å². The van der Waals surface area contributed by atoms with Crippen LogP contribution in [0.2, 0.25) is 0 Å². The summed E-state index contributed by atoms with van der Waals surface area (Å²) in [6.07, 6.45) is 3.90. The zero-order valence-corrected chi connectivity index (χ0v) is 12.5. The Kier molecular flexibility index (Phi) is 4.48. The number of aryl methyl sites for hydroxylation is 1. The van der Waals surface area contributed by atoms with Crippen molar-refractivity contribution in [3.05, 3.63) is 39.3 Å². The van der Waals surface area contributed by atoms with E-state index in [0.717, 1.165) is 42.8 Å². The third-order valence-electron chi connectivity index (χ3n) is 3.92. The van der Waals surface area contributed by atoms with Crippen molar-refractivity contribution in [3.8, 4) is 0 Å². The minimum Gasteiger partial charge on any atom is -0.321 e. The number of halogens is 1. The fourth-order valence-corrected chi connectivity index (χ4v) is 2.87. The van der Waals surface area contributed by atoms with Gasteiger partial charge in [0.25, 0.3) is 5.56 Å². The SMILES string of the molecule is C/C=C(/Cl)c1[nH]c(=O)c(C2CCN(C)CC2)cc1C. The molecule has 1 saturated heterocycles. The number of aromatic nitrogens is 1. The molecule has 1 aromatic heterocycles. The Bertz CT molecular complexity index is 540. The van der Waals surface area contributed by atoms with Crippen LogP contribution in [0, 0.1) is 6.92 Å². The average Bonchev–Trinajstić information content (AvgIpc) is 2.41. The molecule has 1 aliphatic heterocycles. The molecule has 0 aromatic carbocycles. The van der Waals surface area contributed by atoms with Crippen LogP contribution in [0.15, 0.2) is 16.9 Å². The third-order valence-corrected chi connectivity index (χ3v) is 4.32. The topological polar surface area (TPSA) is 36.1 Å². The molecule has 0 aliphatic carbocycles. The number of nitrogens with zero attached hydrogens (tertiary/aromatic N) is 1. The summed E-state index contributed by atoms with van der Waals surface area (Å²) in [4.78, 5) is 17.5. The first-order valence-corrected chi connectivity index (χ1v) is 7.15. The highest BCUT2D eigenvalue weighted by Gasteiger charge is 2.21. The molecule has 0 bridgehead atoms. The molecular weight excluding hydrogens is 260 g/mol. The minimum atomic E-state index is 0.00940. The zero-order chi connectivity index (χ0) is 14.0. The van der Waals surface area contributed by atoms with E-state index in [1.54, 1.807) is 6.08 Å². The van der Waals surface area contributed by atoms with Crippen LogP contribution in [0.4, 0.5) is 0 Å². The number of hydrogen-bond donors (Lipinski definition) is 1. The highest BCUT2D eigenvalue weighted by atomic mass is 35.5. The summed E-state index contributed by atoms with van der Waals surface area (Å²) in [7, 11) is 2.13. The fraction of sp³-hybridized carbons (Fsp3) is 0.533. The number of nitrogens with one attached hydrogen (secondary N) is 1. The summed E-state index contributed by atoms with van der Waals surface area (Å²) in [6, 6.07) is 2.01. The van der Waals surface area contributed by atoms with Crippen LogP contribution in [0.5, 0.6) is 0 Å². The molecule has 0 saturated carbocycles. The van der Waals surface area contributed by atoms with Crippen LogP contribution < -0.4 is 5.56 Å². The molecule has 2 heterocycles. The number of hydrogen-bond acceptors (Lipinski definition) is 2. The number of rotatable bonds is 2. The van der Waals surface area contributed by atoms with E-state index in [2.05, 4.69) is 16.9 Å². The summed E-state index contributed by atoms with van der Waals surface area (Å²) in [5.74, 6) is 0.372. The lowest BCUT2D eigenvalue weighted by Crippen LogP contribution is -2.31. The van der Waals surface area contributed by atoms with Crippen molar-refractivity contribution in [2.24, 2.45) is 0 Å². The normalized spacial score (nSPS) is 18.8. The molecule has 0 spiro atoms. The van der Waals surface area contributed by atoms with Crippen LogP contribution in [0.1, 0.15) is 42.5 Å². The van der Waals surface area contributed by atoms with E-state index >= 15 is 0 Å². The van der Waals surface area contributed by atoms with Crippen LogP contribution >= 0.6 is 11.6 Å². The molecule has 2 rings (SSSR count). The van der Waals surface area contributed by atoms with Gasteiger partial charge < -0.3 is 9.88 Å². The van der Waals surface area contributed by atoms with E-state index in [1.807, 2.05) is 19.9 Å². The molecule has 3 nitrogen and oxygen atoms in total. The average molecular weight is 281 g/mol. The van der Waals surface area contributed by atoms with Crippen molar-refractivity contribution in [3.63, 3.8) is 0 Å². The first-order chi connectivity index (χ1) is 9.02. The van der Waals surface area contributed by atoms with Gasteiger partial charge >= 0.3 is 0 Å². The Hall–Kier alpha value is -1.06. The monoisotopic (exact) mass is 280 g/mol. The first kappa shape index (κ1) is 14.4. The maximum atomic E-state index is 12.2. The van der Waals surface area contributed by atoms with E-state index in [4.69, 9.17) is 11.6 Å². The quantitative estimate of drug-likeness (QED) is 0.904. The highest BCUT2D eigenvalue weighted by Crippen LogP contribution is 2.27. The number of pyridine rings is 1. The van der Waals surface area contributed by atoms with Crippen molar-refractivity contribution < 1.29 is 0 Å². The second-order valence-electron chi connectivity index (χ2n) is 5.33. The molecule has 1 fully saturated rings. The van der Waals surface area contributed by atoms with E-state index in [1.165, 1.54) is 0 Å². The Labute approximate surface area is 119 Å². The van der Waals surface area contributed by atoms with E-state index in [-0.39, 0.29) is 5.56 Å². The molecule has 0 amide bonds. The maximum absolute atomic E-state index is 12.2. The van der Waals surface area contributed by atoms with E-state index in [9.17, 15) is 4.79 Å². The van der Waals surface area contributed by atoms with Gasteiger partial charge in [-0.1, -0.05) is 17.7 Å². The van der Waals surface area contributed by atoms with Gasteiger partial charge in [-0.25, -0.2) is 0 Å². The van der Waals surface area contributed by atoms with Gasteiger partial charge in [-0.05, 0) is 64.4 Å². The van der Waals surface area contributed by atoms with Crippen LogP contribution in [0.3, 0.4) is 0 Å². The van der Waals surface area contributed by atoms with Crippen LogP contribution in [-0.2, 0) is 0 Å². The van der Waals surface area contributed by atoms with Crippen LogP contribution in [0.25, 0.3) is 5.03 Å². The van der Waals surface area contributed by atoms with Gasteiger partial charge in [-0.2, -0.15) is 0 Å². The van der Waals surface area contributed by atoms with E-state index < -0.39 is 0 Å². The van der Waals surface area contributed by atoms with Gasteiger partial charge in [0.2, 0.25) is 0 Å². The Morgan fingerprint density at radius 1 is 1.47 bits per heavy atom. The standard InChI is InChI=1S/C15H21ClN2O/c1-4-13(16)14-10(2)9-12(15(19)17-14)11-5-7-18(3)8-6-11/h4,9,11H,5-8H2,1-3H3,(H,17,19)/b13-4+. The van der Waals surface area contributed by atoms with Crippen molar-refractivity contribution in [2.75, 3.05) is 20.1 Å². The van der Waals surface area contributed by atoms with Crippen molar-refractivity contribution in [2.45, 2.75) is 32.6 Å². The predicted molar refractivity (Wildman–Crippen MR) is 80.8 cm³/mol. The molecule has 1 aliphatic rings. The summed E-state index contributed by atoms with van der Waals surface area (Å²) in [5, 5.41) is 0.601. The van der Waals surface area contributed by atoms with Gasteiger partial charge in [0.1, 0.15) is 0 Å². The largest absolute Gasteiger partial charge is 0.321 e. The third kappa shape index (κ3) is 3.10. The summed E-state index contributed by atoms with van der Waals surface area (Å²) in [6.45, 7) is 5.97.